The van der Waals surface area contributed by atoms with Crippen LogP contribution in [0.15, 0.2) is 70.5 Å². The highest BCUT2D eigenvalue weighted by atomic mass is 16.1. The van der Waals surface area contributed by atoms with Crippen molar-refractivity contribution in [3.8, 4) is 0 Å². The molecule has 0 saturated heterocycles. The Labute approximate surface area is 144 Å². The van der Waals surface area contributed by atoms with Crippen molar-refractivity contribution in [2.24, 2.45) is 4.99 Å². The minimum absolute atomic E-state index is 0.0615. The maximum Gasteiger partial charge on any atom is 0.278 e. The van der Waals surface area contributed by atoms with Crippen molar-refractivity contribution in [2.75, 3.05) is 17.7 Å². The van der Waals surface area contributed by atoms with E-state index in [1.54, 1.807) is 0 Å². The van der Waals surface area contributed by atoms with E-state index in [0.29, 0.717) is 11.5 Å². The van der Waals surface area contributed by atoms with Gasteiger partial charge in [0.1, 0.15) is 5.69 Å². The van der Waals surface area contributed by atoms with Gasteiger partial charge in [-0.2, -0.15) is 4.98 Å². The van der Waals surface area contributed by atoms with Gasteiger partial charge in [0.2, 0.25) is 5.95 Å². The van der Waals surface area contributed by atoms with E-state index in [4.69, 9.17) is 10.7 Å². The monoisotopic (exact) mass is 331 g/mol. The summed E-state index contributed by atoms with van der Waals surface area (Å²) in [6.45, 7) is 0. The number of hydrogen-bond acceptors (Lipinski definition) is 5. The van der Waals surface area contributed by atoms with E-state index < -0.39 is 0 Å². The summed E-state index contributed by atoms with van der Waals surface area (Å²) in [5.41, 5.74) is 8.70. The fourth-order valence-electron chi connectivity index (χ4n) is 3.20. The van der Waals surface area contributed by atoms with Crippen LogP contribution in [0, 0.1) is 0 Å². The predicted molar refractivity (Wildman–Crippen MR) is 99.5 cm³/mol. The summed E-state index contributed by atoms with van der Waals surface area (Å²) in [5.74, 6) is 0.404. The summed E-state index contributed by atoms with van der Waals surface area (Å²) in [5, 5.41) is 0. The Morgan fingerprint density at radius 2 is 1.68 bits per heavy atom. The van der Waals surface area contributed by atoms with Crippen LogP contribution in [0.1, 0.15) is 17.2 Å². The molecule has 0 bridgehead atoms. The lowest BCUT2D eigenvalue weighted by molar-refractivity contribution is 0.818. The van der Waals surface area contributed by atoms with Gasteiger partial charge in [-0.3, -0.25) is 9.78 Å². The first-order valence-electron chi connectivity index (χ1n) is 7.96. The summed E-state index contributed by atoms with van der Waals surface area (Å²) >= 11 is 0. The molecular weight excluding hydrogens is 314 g/mol. The van der Waals surface area contributed by atoms with Gasteiger partial charge in [-0.1, -0.05) is 60.7 Å². The number of likely N-dealkylation sites (N-methyl/N-ethyl adjacent to an activating group) is 1. The number of nitrogens with zero attached hydrogens (tertiary/aromatic N) is 3. The minimum atomic E-state index is -0.290. The molecule has 1 unspecified atom stereocenters. The smallest absolute Gasteiger partial charge is 0.278 e. The first kappa shape index (κ1) is 15.1. The molecule has 3 N–H and O–H groups in total. The van der Waals surface area contributed by atoms with Crippen molar-refractivity contribution >= 4 is 23.2 Å². The molecule has 124 valence electrons. The number of anilines is 2. The van der Waals surface area contributed by atoms with Gasteiger partial charge in [-0.05, 0) is 11.1 Å². The first-order chi connectivity index (χ1) is 12.1. The molecule has 25 heavy (non-hydrogen) atoms. The summed E-state index contributed by atoms with van der Waals surface area (Å²) < 4.78 is 0. The van der Waals surface area contributed by atoms with Gasteiger partial charge >= 0.3 is 0 Å². The van der Waals surface area contributed by atoms with Crippen LogP contribution in [0.4, 0.5) is 17.5 Å². The molecule has 4 rings (SSSR count). The molecule has 0 saturated carbocycles. The molecule has 0 amide bonds. The number of nitrogens with two attached hydrogens (primary N) is 1. The number of aliphatic imine (C=N–C) groups is 1. The van der Waals surface area contributed by atoms with E-state index in [0.717, 1.165) is 16.8 Å². The van der Waals surface area contributed by atoms with Crippen molar-refractivity contribution in [3.05, 3.63) is 82.1 Å². The molecule has 2 aromatic carbocycles. The summed E-state index contributed by atoms with van der Waals surface area (Å²) in [6, 6.07) is 19.7. The zero-order chi connectivity index (χ0) is 17.4. The second-order valence-corrected chi connectivity index (χ2v) is 5.91. The second kappa shape index (κ2) is 5.90. The van der Waals surface area contributed by atoms with Gasteiger partial charge in [0.15, 0.2) is 5.82 Å². The van der Waals surface area contributed by atoms with Crippen LogP contribution >= 0.6 is 0 Å². The number of fused-ring (bicyclic) bond motifs is 1. The summed E-state index contributed by atoms with van der Waals surface area (Å²) in [6.07, 6.45) is 0. The third kappa shape index (κ3) is 2.57. The Hall–Kier alpha value is -3.41. The van der Waals surface area contributed by atoms with E-state index >= 15 is 0 Å². The van der Waals surface area contributed by atoms with Crippen molar-refractivity contribution in [1.29, 1.82) is 0 Å². The number of rotatable bonds is 2. The topological polar surface area (TPSA) is 87.4 Å². The number of nitrogens with one attached hydrogen (secondary N) is 1. The second-order valence-electron chi connectivity index (χ2n) is 5.91. The fraction of sp³-hybridized carbons (Fsp3) is 0.105. The SMILES string of the molecule is CN1c2c(nc(N)[nH]c2=O)N=C(c2ccccc2)C1c1ccccc1. The van der Waals surface area contributed by atoms with Crippen LogP contribution < -0.4 is 16.2 Å². The normalized spacial score (nSPS) is 16.3. The van der Waals surface area contributed by atoms with Crippen LogP contribution in [-0.4, -0.2) is 22.7 Å². The molecule has 6 heteroatoms. The Morgan fingerprint density at radius 1 is 1.04 bits per heavy atom. The molecule has 2 heterocycles. The first-order valence-corrected chi connectivity index (χ1v) is 7.96. The third-order valence-electron chi connectivity index (χ3n) is 4.31. The molecule has 3 aromatic rings. The van der Waals surface area contributed by atoms with E-state index in [1.807, 2.05) is 72.6 Å². The van der Waals surface area contributed by atoms with Gasteiger partial charge in [0.25, 0.3) is 5.56 Å². The Bertz CT molecular complexity index is 995. The average molecular weight is 331 g/mol. The quantitative estimate of drug-likeness (QED) is 0.756. The van der Waals surface area contributed by atoms with Crippen molar-refractivity contribution in [1.82, 2.24) is 9.97 Å². The van der Waals surface area contributed by atoms with E-state index in [2.05, 4.69) is 9.97 Å². The lowest BCUT2D eigenvalue weighted by Gasteiger charge is -2.34. The lowest BCUT2D eigenvalue weighted by Crippen LogP contribution is -2.38. The van der Waals surface area contributed by atoms with E-state index in [9.17, 15) is 4.79 Å². The molecule has 0 fully saturated rings. The summed E-state index contributed by atoms with van der Waals surface area (Å²) in [4.78, 5) is 25.8. The molecule has 1 aliphatic heterocycles. The van der Waals surface area contributed by atoms with Crippen LogP contribution in [0.2, 0.25) is 0 Å². The number of nitrogen functional groups attached to an aromatic ring is 1. The highest BCUT2D eigenvalue weighted by Crippen LogP contribution is 2.37. The third-order valence-corrected chi connectivity index (χ3v) is 4.31. The van der Waals surface area contributed by atoms with Gasteiger partial charge in [0, 0.05) is 7.05 Å². The molecule has 0 spiro atoms. The van der Waals surface area contributed by atoms with Gasteiger partial charge in [-0.25, -0.2) is 4.99 Å². The number of benzene rings is 2. The predicted octanol–water partition coefficient (Wildman–Crippen LogP) is 2.66. The fourth-order valence-corrected chi connectivity index (χ4v) is 3.20. The van der Waals surface area contributed by atoms with Crippen LogP contribution in [0.25, 0.3) is 0 Å². The molecular formula is C19H17N5O. The Kier molecular flexibility index (Phi) is 3.57. The molecule has 0 radical (unpaired) electrons. The Balaban J connectivity index is 1.99. The van der Waals surface area contributed by atoms with Crippen LogP contribution in [0.5, 0.6) is 0 Å². The zero-order valence-electron chi connectivity index (χ0n) is 13.7. The number of aromatic nitrogens is 2. The van der Waals surface area contributed by atoms with Crippen LogP contribution in [-0.2, 0) is 0 Å². The lowest BCUT2D eigenvalue weighted by atomic mass is 9.93. The van der Waals surface area contributed by atoms with Crippen molar-refractivity contribution in [2.45, 2.75) is 6.04 Å². The molecule has 1 aliphatic rings. The molecule has 0 aliphatic carbocycles. The largest absolute Gasteiger partial charge is 0.369 e. The number of hydrogen-bond donors (Lipinski definition) is 2. The van der Waals surface area contributed by atoms with Gasteiger partial charge < -0.3 is 10.6 Å². The molecule has 6 nitrogen and oxygen atoms in total. The molecule has 1 aromatic heterocycles. The average Bonchev–Trinajstić information content (AvgIpc) is 2.62. The van der Waals surface area contributed by atoms with Gasteiger partial charge in [0.05, 0.1) is 11.8 Å². The highest BCUT2D eigenvalue weighted by molar-refractivity contribution is 6.09. The summed E-state index contributed by atoms with van der Waals surface area (Å²) in [7, 11) is 1.88. The van der Waals surface area contributed by atoms with Gasteiger partial charge in [-0.15, -0.1) is 0 Å². The standard InChI is InChI=1S/C19H17N5O/c1-24-15(13-10-6-3-7-11-13)14(12-8-4-2-5-9-12)21-17-16(24)18(25)23-19(20)22-17/h2-11,15H,1H3,(H3,20,22,23,25). The van der Waals surface area contributed by atoms with Crippen LogP contribution in [0.3, 0.4) is 0 Å². The number of H-pyrrole nitrogens is 1. The minimum Gasteiger partial charge on any atom is -0.369 e. The maximum absolute atomic E-state index is 12.4. The Morgan fingerprint density at radius 3 is 2.36 bits per heavy atom. The van der Waals surface area contributed by atoms with E-state index in [-0.39, 0.29) is 17.5 Å². The highest BCUT2D eigenvalue weighted by Gasteiger charge is 2.32. The van der Waals surface area contributed by atoms with Crippen molar-refractivity contribution in [3.63, 3.8) is 0 Å². The number of aromatic amines is 1. The molecule has 1 atom stereocenters. The van der Waals surface area contributed by atoms with E-state index in [1.165, 1.54) is 0 Å². The van der Waals surface area contributed by atoms with Crippen molar-refractivity contribution < 1.29 is 0 Å². The maximum atomic E-state index is 12.4. The zero-order valence-corrected chi connectivity index (χ0v) is 13.7.